The van der Waals surface area contributed by atoms with Gasteiger partial charge >= 0.3 is 6.61 Å². The highest BCUT2D eigenvalue weighted by atomic mass is 19.3. The van der Waals surface area contributed by atoms with Gasteiger partial charge in [0, 0.05) is 6.04 Å². The zero-order valence-electron chi connectivity index (χ0n) is 14.9. The Bertz CT molecular complexity index is 948. The fraction of sp³-hybridized carbons (Fsp3) is 0.300. The first-order valence-corrected chi connectivity index (χ1v) is 8.96. The van der Waals surface area contributed by atoms with Crippen LogP contribution in [0.4, 0.5) is 13.2 Å². The molecule has 1 aliphatic heterocycles. The predicted molar refractivity (Wildman–Crippen MR) is 95.2 cm³/mol. The molecule has 0 N–H and O–H groups in total. The molecule has 1 atom stereocenters. The number of hydrogen-bond acceptors (Lipinski definition) is 5. The molecule has 0 bridgehead atoms. The molecule has 1 aromatic heterocycles. The Labute approximate surface area is 159 Å². The second-order valence-electron chi connectivity index (χ2n) is 6.57. The lowest BCUT2D eigenvalue weighted by molar-refractivity contribution is -0.0494. The Kier molecular flexibility index (Phi) is 5.29. The van der Waals surface area contributed by atoms with Gasteiger partial charge in [-0.25, -0.2) is 4.39 Å². The number of rotatable bonds is 6. The summed E-state index contributed by atoms with van der Waals surface area (Å²) in [5, 5.41) is 3.91. The van der Waals surface area contributed by atoms with E-state index in [4.69, 9.17) is 4.52 Å². The predicted octanol–water partition coefficient (Wildman–Crippen LogP) is 4.81. The summed E-state index contributed by atoms with van der Waals surface area (Å²) in [7, 11) is 0. The van der Waals surface area contributed by atoms with Crippen molar-refractivity contribution in [1.82, 2.24) is 15.0 Å². The van der Waals surface area contributed by atoms with E-state index in [0.717, 1.165) is 24.9 Å². The van der Waals surface area contributed by atoms with Crippen LogP contribution in [0, 0.1) is 5.82 Å². The summed E-state index contributed by atoms with van der Waals surface area (Å²) >= 11 is 0. The molecule has 3 aromatic rings. The summed E-state index contributed by atoms with van der Waals surface area (Å²) in [6.45, 7) is -1.72. The van der Waals surface area contributed by atoms with Crippen molar-refractivity contribution in [3.05, 3.63) is 65.8 Å². The lowest BCUT2D eigenvalue weighted by Gasteiger charge is -2.23. The lowest BCUT2D eigenvalue weighted by Crippen LogP contribution is -2.23. The Morgan fingerprint density at radius 3 is 2.86 bits per heavy atom. The fourth-order valence-corrected chi connectivity index (χ4v) is 3.56. The molecular weight excluding hydrogens is 371 g/mol. The highest BCUT2D eigenvalue weighted by Gasteiger charge is 2.28. The van der Waals surface area contributed by atoms with Crippen LogP contribution in [0.3, 0.4) is 0 Å². The van der Waals surface area contributed by atoms with Crippen molar-refractivity contribution >= 4 is 0 Å². The number of para-hydroxylation sites is 1. The van der Waals surface area contributed by atoms with Gasteiger partial charge in [0.05, 0.1) is 12.1 Å². The van der Waals surface area contributed by atoms with E-state index in [1.807, 2.05) is 6.07 Å². The van der Waals surface area contributed by atoms with Crippen molar-refractivity contribution in [3.8, 4) is 17.1 Å². The molecule has 0 amide bonds. The number of nitrogens with zero attached hydrogens (tertiary/aromatic N) is 3. The standard InChI is InChI=1S/C20H18F3N3O2/c21-14-6-3-5-13(11-14)16-8-4-10-26(16)12-18-24-19(25-28-18)15-7-1-2-9-17(15)27-20(22)23/h1-3,5-7,9,11,16,20H,4,8,10,12H2. The van der Waals surface area contributed by atoms with Crippen LogP contribution in [0.25, 0.3) is 11.4 Å². The molecule has 5 nitrogen and oxygen atoms in total. The number of alkyl halides is 2. The summed E-state index contributed by atoms with van der Waals surface area (Å²) in [5.74, 6) is 0.279. The van der Waals surface area contributed by atoms with Gasteiger partial charge in [0.1, 0.15) is 11.6 Å². The molecule has 0 aliphatic carbocycles. The number of benzene rings is 2. The van der Waals surface area contributed by atoms with Gasteiger partial charge in [-0.3, -0.25) is 4.90 Å². The third kappa shape index (κ3) is 4.01. The van der Waals surface area contributed by atoms with Gasteiger partial charge in [0.2, 0.25) is 11.7 Å². The largest absolute Gasteiger partial charge is 0.434 e. The van der Waals surface area contributed by atoms with Crippen LogP contribution in [0.15, 0.2) is 53.1 Å². The molecular formula is C20H18F3N3O2. The van der Waals surface area contributed by atoms with Gasteiger partial charge in [-0.2, -0.15) is 13.8 Å². The summed E-state index contributed by atoms with van der Waals surface area (Å²) in [6.07, 6.45) is 1.89. The normalized spacial score (nSPS) is 17.4. The Morgan fingerprint density at radius 1 is 1.18 bits per heavy atom. The number of aromatic nitrogens is 2. The minimum atomic E-state index is -2.94. The van der Waals surface area contributed by atoms with Crippen molar-refractivity contribution in [1.29, 1.82) is 0 Å². The maximum atomic E-state index is 13.6. The molecule has 28 heavy (non-hydrogen) atoms. The van der Waals surface area contributed by atoms with E-state index in [2.05, 4.69) is 19.8 Å². The van der Waals surface area contributed by atoms with E-state index >= 15 is 0 Å². The fourth-order valence-electron chi connectivity index (χ4n) is 3.56. The molecule has 2 heterocycles. The van der Waals surface area contributed by atoms with Gasteiger partial charge in [0.15, 0.2) is 0 Å². The van der Waals surface area contributed by atoms with Crippen LogP contribution in [0.1, 0.15) is 30.3 Å². The average molecular weight is 389 g/mol. The Hall–Kier alpha value is -2.87. The van der Waals surface area contributed by atoms with Crippen LogP contribution in [-0.2, 0) is 6.54 Å². The van der Waals surface area contributed by atoms with Crippen LogP contribution < -0.4 is 4.74 Å². The molecule has 1 fully saturated rings. The second-order valence-corrected chi connectivity index (χ2v) is 6.57. The topological polar surface area (TPSA) is 51.4 Å². The van der Waals surface area contributed by atoms with Crippen LogP contribution in [0.5, 0.6) is 5.75 Å². The van der Waals surface area contributed by atoms with Gasteiger partial charge in [-0.1, -0.05) is 29.4 Å². The minimum Gasteiger partial charge on any atom is -0.434 e. The molecule has 4 rings (SSSR count). The van der Waals surface area contributed by atoms with Crippen molar-refractivity contribution in [2.45, 2.75) is 32.0 Å². The van der Waals surface area contributed by atoms with Gasteiger partial charge < -0.3 is 9.26 Å². The SMILES string of the molecule is Fc1cccc(C2CCCN2Cc2nc(-c3ccccc3OC(F)F)no2)c1. The van der Waals surface area contributed by atoms with E-state index in [1.165, 1.54) is 12.1 Å². The molecule has 146 valence electrons. The number of likely N-dealkylation sites (tertiary alicyclic amines) is 1. The quantitative estimate of drug-likeness (QED) is 0.605. The van der Waals surface area contributed by atoms with E-state index in [1.54, 1.807) is 30.3 Å². The summed E-state index contributed by atoms with van der Waals surface area (Å²) in [6, 6.07) is 12.9. The number of ether oxygens (including phenoxy) is 1. The molecule has 1 saturated heterocycles. The molecule has 1 aliphatic rings. The first kappa shape index (κ1) is 18.5. The van der Waals surface area contributed by atoms with Crippen molar-refractivity contribution < 1.29 is 22.4 Å². The summed E-state index contributed by atoms with van der Waals surface area (Å²) in [4.78, 5) is 6.49. The number of halogens is 3. The maximum absolute atomic E-state index is 13.6. The van der Waals surface area contributed by atoms with Gasteiger partial charge in [-0.05, 0) is 49.2 Å². The smallest absolute Gasteiger partial charge is 0.387 e. The summed E-state index contributed by atoms with van der Waals surface area (Å²) in [5.41, 5.74) is 1.24. The monoisotopic (exact) mass is 389 g/mol. The molecule has 2 aromatic carbocycles. The first-order chi connectivity index (χ1) is 13.6. The Balaban J connectivity index is 1.52. The molecule has 0 spiro atoms. The van der Waals surface area contributed by atoms with Crippen LogP contribution in [-0.4, -0.2) is 28.2 Å². The van der Waals surface area contributed by atoms with Crippen molar-refractivity contribution in [3.63, 3.8) is 0 Å². The highest BCUT2D eigenvalue weighted by Crippen LogP contribution is 2.34. The summed E-state index contributed by atoms with van der Waals surface area (Å²) < 4.78 is 48.6. The molecule has 0 radical (unpaired) electrons. The zero-order chi connectivity index (χ0) is 19.5. The van der Waals surface area contributed by atoms with Crippen molar-refractivity contribution in [2.24, 2.45) is 0 Å². The molecule has 0 saturated carbocycles. The van der Waals surface area contributed by atoms with E-state index < -0.39 is 6.61 Å². The molecule has 1 unspecified atom stereocenters. The number of hydrogen-bond donors (Lipinski definition) is 0. The lowest BCUT2D eigenvalue weighted by atomic mass is 10.0. The minimum absolute atomic E-state index is 0.0105. The van der Waals surface area contributed by atoms with Gasteiger partial charge in [0.25, 0.3) is 0 Å². The maximum Gasteiger partial charge on any atom is 0.387 e. The van der Waals surface area contributed by atoms with E-state index in [-0.39, 0.29) is 23.4 Å². The first-order valence-electron chi connectivity index (χ1n) is 8.96. The average Bonchev–Trinajstić information content (AvgIpc) is 3.32. The second kappa shape index (κ2) is 8.02. The van der Waals surface area contributed by atoms with Gasteiger partial charge in [-0.15, -0.1) is 0 Å². The highest BCUT2D eigenvalue weighted by molar-refractivity contribution is 5.63. The van der Waals surface area contributed by atoms with Crippen LogP contribution in [0.2, 0.25) is 0 Å². The zero-order valence-corrected chi connectivity index (χ0v) is 14.9. The van der Waals surface area contributed by atoms with Crippen molar-refractivity contribution in [2.75, 3.05) is 6.54 Å². The third-order valence-corrected chi connectivity index (χ3v) is 4.75. The van der Waals surface area contributed by atoms with E-state index in [0.29, 0.717) is 18.0 Å². The van der Waals surface area contributed by atoms with E-state index in [9.17, 15) is 13.2 Å². The Morgan fingerprint density at radius 2 is 2.04 bits per heavy atom. The third-order valence-electron chi connectivity index (χ3n) is 4.75. The molecule has 8 heteroatoms. The van der Waals surface area contributed by atoms with Crippen LogP contribution >= 0.6 is 0 Å².